The highest BCUT2D eigenvalue weighted by molar-refractivity contribution is 5.30. The van der Waals surface area contributed by atoms with Crippen LogP contribution in [0.1, 0.15) is 33.1 Å². The van der Waals surface area contributed by atoms with Crippen LogP contribution in [0, 0.1) is 5.92 Å². The highest BCUT2D eigenvalue weighted by Gasteiger charge is 2.08. The van der Waals surface area contributed by atoms with Gasteiger partial charge in [-0.25, -0.2) is 0 Å². The zero-order valence-electron chi connectivity index (χ0n) is 9.06. The predicted molar refractivity (Wildman–Crippen MR) is 58.8 cm³/mol. The third kappa shape index (κ3) is 3.35. The van der Waals surface area contributed by atoms with Crippen LogP contribution in [-0.2, 0) is 0 Å². The van der Waals surface area contributed by atoms with Gasteiger partial charge in [-0.1, -0.05) is 31.6 Å². The van der Waals surface area contributed by atoms with Gasteiger partial charge in [0, 0.05) is 6.54 Å². The number of nitrogens with one attached hydrogen (secondary N) is 1. The van der Waals surface area contributed by atoms with E-state index < -0.39 is 0 Å². The maximum Gasteiger partial charge on any atom is 0.0201 e. The van der Waals surface area contributed by atoms with Crippen molar-refractivity contribution in [1.82, 2.24) is 5.32 Å². The second-order valence-corrected chi connectivity index (χ2v) is 4.20. The molecule has 1 N–H and O–H groups in total. The highest BCUT2D eigenvalue weighted by Crippen LogP contribution is 2.24. The van der Waals surface area contributed by atoms with Crippen LogP contribution in [-0.4, -0.2) is 13.6 Å². The van der Waals surface area contributed by atoms with E-state index in [4.69, 9.17) is 0 Å². The van der Waals surface area contributed by atoms with Crippen LogP contribution in [0.25, 0.3) is 0 Å². The molecule has 0 heterocycles. The van der Waals surface area contributed by atoms with Gasteiger partial charge < -0.3 is 5.32 Å². The van der Waals surface area contributed by atoms with Crippen LogP contribution >= 0.6 is 0 Å². The van der Waals surface area contributed by atoms with Crippen molar-refractivity contribution in [3.63, 3.8) is 0 Å². The Kier molecular flexibility index (Phi) is 4.23. The lowest BCUT2D eigenvalue weighted by atomic mass is 9.91. The van der Waals surface area contributed by atoms with E-state index >= 15 is 0 Å². The smallest absolute Gasteiger partial charge is 0.0201 e. The molecule has 0 unspecified atom stereocenters. The first-order valence-corrected chi connectivity index (χ1v) is 5.26. The molecule has 0 aromatic carbocycles. The van der Waals surface area contributed by atoms with Crippen LogP contribution in [0.2, 0.25) is 0 Å². The van der Waals surface area contributed by atoms with Crippen LogP contribution < -0.4 is 5.32 Å². The van der Waals surface area contributed by atoms with Gasteiger partial charge in [-0.2, -0.15) is 0 Å². The summed E-state index contributed by atoms with van der Waals surface area (Å²) in [5, 5.41) is 3.23. The zero-order valence-corrected chi connectivity index (χ0v) is 9.06. The maximum absolute atomic E-state index is 3.23. The van der Waals surface area contributed by atoms with Gasteiger partial charge in [0.25, 0.3) is 0 Å². The van der Waals surface area contributed by atoms with Gasteiger partial charge in [0.15, 0.2) is 0 Å². The summed E-state index contributed by atoms with van der Waals surface area (Å²) < 4.78 is 0. The fourth-order valence-electron chi connectivity index (χ4n) is 1.86. The molecule has 1 aliphatic rings. The summed E-state index contributed by atoms with van der Waals surface area (Å²) >= 11 is 0. The molecule has 0 bridgehead atoms. The third-order valence-corrected chi connectivity index (χ3v) is 2.41. The van der Waals surface area contributed by atoms with Gasteiger partial charge >= 0.3 is 0 Å². The predicted octanol–water partition coefficient (Wildman–Crippen LogP) is 2.90. The number of likely N-dealkylation sites (N-methyl/N-ethyl adjacent to an activating group) is 1. The number of rotatable bonds is 4. The average molecular weight is 179 g/mol. The van der Waals surface area contributed by atoms with E-state index in [1.165, 1.54) is 24.8 Å². The molecule has 0 atom stereocenters. The minimum absolute atomic E-state index is 0.786. The van der Waals surface area contributed by atoms with E-state index in [2.05, 4.69) is 31.3 Å². The van der Waals surface area contributed by atoms with E-state index in [0.717, 1.165) is 12.5 Å². The standard InChI is InChI=1S/C12H21N/c1-10(2)8-11-6-4-5-7-12(11)9-13-3/h5,7,10,13H,4,6,8-9H2,1-3H3. The van der Waals surface area contributed by atoms with Crippen molar-refractivity contribution < 1.29 is 0 Å². The molecule has 0 fully saturated rings. The molecule has 0 spiro atoms. The molecule has 0 aromatic rings. The molecular weight excluding hydrogens is 158 g/mol. The molecule has 1 aliphatic carbocycles. The molecular formula is C12H21N. The van der Waals surface area contributed by atoms with Gasteiger partial charge in [0.2, 0.25) is 0 Å². The molecule has 0 saturated carbocycles. The van der Waals surface area contributed by atoms with E-state index in [0.29, 0.717) is 0 Å². The Balaban J connectivity index is 2.66. The molecule has 74 valence electrons. The monoisotopic (exact) mass is 179 g/mol. The molecule has 0 radical (unpaired) electrons. The van der Waals surface area contributed by atoms with Crippen molar-refractivity contribution in [2.45, 2.75) is 33.1 Å². The Morgan fingerprint density at radius 2 is 2.23 bits per heavy atom. The first-order chi connectivity index (χ1) is 6.24. The molecule has 0 amide bonds. The van der Waals surface area contributed by atoms with Crippen molar-refractivity contribution in [3.05, 3.63) is 23.3 Å². The lowest BCUT2D eigenvalue weighted by Crippen LogP contribution is -2.13. The quantitative estimate of drug-likeness (QED) is 0.699. The lowest BCUT2D eigenvalue weighted by molar-refractivity contribution is 0.616. The van der Waals surface area contributed by atoms with Crippen molar-refractivity contribution in [2.75, 3.05) is 13.6 Å². The van der Waals surface area contributed by atoms with Gasteiger partial charge in [-0.15, -0.1) is 0 Å². The molecule has 0 aliphatic heterocycles. The SMILES string of the molecule is CNCC1=C(CC(C)C)CCC=C1. The second kappa shape index (κ2) is 5.23. The normalized spacial score (nSPS) is 17.2. The van der Waals surface area contributed by atoms with Crippen molar-refractivity contribution >= 4 is 0 Å². The molecule has 13 heavy (non-hydrogen) atoms. The molecule has 1 rings (SSSR count). The fourth-order valence-corrected chi connectivity index (χ4v) is 1.86. The molecule has 0 saturated heterocycles. The van der Waals surface area contributed by atoms with Crippen LogP contribution in [0.5, 0.6) is 0 Å². The van der Waals surface area contributed by atoms with Crippen molar-refractivity contribution in [3.8, 4) is 0 Å². The summed E-state index contributed by atoms with van der Waals surface area (Å²) in [6, 6.07) is 0. The second-order valence-electron chi connectivity index (χ2n) is 4.20. The Morgan fingerprint density at radius 1 is 1.46 bits per heavy atom. The van der Waals surface area contributed by atoms with Crippen LogP contribution in [0.4, 0.5) is 0 Å². The Labute approximate surface area is 81.9 Å². The van der Waals surface area contributed by atoms with E-state index in [-0.39, 0.29) is 0 Å². The first kappa shape index (κ1) is 10.5. The minimum atomic E-state index is 0.786. The number of hydrogen-bond acceptors (Lipinski definition) is 1. The Morgan fingerprint density at radius 3 is 2.85 bits per heavy atom. The summed E-state index contributed by atoms with van der Waals surface area (Å²) in [6.45, 7) is 5.61. The number of allylic oxidation sites excluding steroid dienone is 2. The van der Waals surface area contributed by atoms with Crippen molar-refractivity contribution in [1.29, 1.82) is 0 Å². The molecule has 0 aromatic heterocycles. The first-order valence-electron chi connectivity index (χ1n) is 5.26. The maximum atomic E-state index is 3.23. The molecule has 1 nitrogen and oxygen atoms in total. The van der Waals surface area contributed by atoms with E-state index in [1.54, 1.807) is 5.57 Å². The largest absolute Gasteiger partial charge is 0.316 e. The Hall–Kier alpha value is -0.560. The average Bonchev–Trinajstić information content (AvgIpc) is 2.08. The summed E-state index contributed by atoms with van der Waals surface area (Å²) in [7, 11) is 2.02. The van der Waals surface area contributed by atoms with Crippen LogP contribution in [0.3, 0.4) is 0 Å². The van der Waals surface area contributed by atoms with Gasteiger partial charge in [0.1, 0.15) is 0 Å². The summed E-state index contributed by atoms with van der Waals surface area (Å²) in [4.78, 5) is 0. The van der Waals surface area contributed by atoms with Crippen LogP contribution in [0.15, 0.2) is 23.3 Å². The van der Waals surface area contributed by atoms with Gasteiger partial charge in [-0.05, 0) is 37.8 Å². The zero-order chi connectivity index (χ0) is 9.68. The van der Waals surface area contributed by atoms with Gasteiger partial charge in [0.05, 0.1) is 0 Å². The minimum Gasteiger partial charge on any atom is -0.316 e. The van der Waals surface area contributed by atoms with Gasteiger partial charge in [-0.3, -0.25) is 0 Å². The van der Waals surface area contributed by atoms with Crippen molar-refractivity contribution in [2.24, 2.45) is 5.92 Å². The number of hydrogen-bond donors (Lipinski definition) is 1. The summed E-state index contributed by atoms with van der Waals surface area (Å²) in [5.74, 6) is 0.786. The third-order valence-electron chi connectivity index (χ3n) is 2.41. The van der Waals surface area contributed by atoms with E-state index in [9.17, 15) is 0 Å². The topological polar surface area (TPSA) is 12.0 Å². The Bertz CT molecular complexity index is 211. The lowest BCUT2D eigenvalue weighted by Gasteiger charge is -2.17. The molecule has 1 heteroatoms. The highest BCUT2D eigenvalue weighted by atomic mass is 14.8. The summed E-state index contributed by atoms with van der Waals surface area (Å²) in [5.41, 5.74) is 3.18. The van der Waals surface area contributed by atoms with E-state index in [1.807, 2.05) is 7.05 Å². The summed E-state index contributed by atoms with van der Waals surface area (Å²) in [6.07, 6.45) is 8.34. The fraction of sp³-hybridized carbons (Fsp3) is 0.667.